The first kappa shape index (κ1) is 14.1. The first-order chi connectivity index (χ1) is 10.0. The van der Waals surface area contributed by atoms with Crippen molar-refractivity contribution in [2.24, 2.45) is 10.7 Å². The number of hydrogen-bond donors (Lipinski definition) is 1. The lowest BCUT2D eigenvalue weighted by molar-refractivity contribution is 0.219. The Morgan fingerprint density at radius 2 is 2.10 bits per heavy atom. The first-order valence-corrected chi connectivity index (χ1v) is 8.06. The molecule has 0 aliphatic carbocycles. The monoisotopic (exact) mass is 299 g/mol. The van der Waals surface area contributed by atoms with E-state index in [0.717, 1.165) is 6.54 Å². The first-order valence-electron chi connectivity index (χ1n) is 7.18. The molecule has 21 heavy (non-hydrogen) atoms. The molecule has 0 radical (unpaired) electrons. The molecule has 2 heterocycles. The van der Waals surface area contributed by atoms with Crippen LogP contribution in [0.2, 0.25) is 0 Å². The predicted molar refractivity (Wildman–Crippen MR) is 89.6 cm³/mol. The summed E-state index contributed by atoms with van der Waals surface area (Å²) in [5, 5.41) is 2.10. The molecule has 2 N–H and O–H groups in total. The third-order valence-electron chi connectivity index (χ3n) is 4.44. The molecule has 1 aromatic heterocycles. The molecule has 3 rings (SSSR count). The second kappa shape index (κ2) is 5.19. The average Bonchev–Trinajstić information content (AvgIpc) is 3.06. The third kappa shape index (κ3) is 2.44. The van der Waals surface area contributed by atoms with Crippen LogP contribution >= 0.6 is 11.3 Å². The number of hydrogen-bond acceptors (Lipinski definition) is 4. The van der Waals surface area contributed by atoms with Crippen LogP contribution in [0.15, 0.2) is 40.7 Å². The summed E-state index contributed by atoms with van der Waals surface area (Å²) in [5.74, 6) is 0.643. The summed E-state index contributed by atoms with van der Waals surface area (Å²) in [6, 6.07) is 10.9. The minimum absolute atomic E-state index is 0.160. The van der Waals surface area contributed by atoms with Crippen molar-refractivity contribution in [3.05, 3.63) is 57.3 Å². The van der Waals surface area contributed by atoms with Crippen molar-refractivity contribution >= 4 is 17.3 Å². The van der Waals surface area contributed by atoms with E-state index in [4.69, 9.17) is 5.73 Å². The molecule has 0 fully saturated rings. The number of aliphatic imine (C=N–C) groups is 1. The topological polar surface area (TPSA) is 41.6 Å². The molecule has 1 atom stereocenters. The lowest BCUT2D eigenvalue weighted by Crippen LogP contribution is -2.46. The second-order valence-electron chi connectivity index (χ2n) is 5.91. The van der Waals surface area contributed by atoms with Crippen molar-refractivity contribution in [2.75, 3.05) is 6.54 Å². The zero-order chi connectivity index (χ0) is 15.0. The Labute approximate surface area is 130 Å². The zero-order valence-electron chi connectivity index (χ0n) is 12.8. The molecule has 4 heteroatoms. The van der Waals surface area contributed by atoms with Crippen molar-refractivity contribution in [1.29, 1.82) is 0 Å². The number of rotatable bonds is 3. The average molecular weight is 299 g/mol. The maximum atomic E-state index is 6.16. The number of nitrogens with zero attached hydrogens (tertiary/aromatic N) is 2. The molecule has 1 aromatic carbocycles. The van der Waals surface area contributed by atoms with Crippen LogP contribution in [0.1, 0.15) is 28.5 Å². The molecule has 0 saturated heterocycles. The van der Waals surface area contributed by atoms with E-state index in [0.29, 0.717) is 12.5 Å². The van der Waals surface area contributed by atoms with Gasteiger partial charge in [-0.3, -0.25) is 4.99 Å². The summed E-state index contributed by atoms with van der Waals surface area (Å²) >= 11 is 1.76. The lowest BCUT2D eigenvalue weighted by atomic mass is 9.89. The highest BCUT2D eigenvalue weighted by Crippen LogP contribution is 2.35. The van der Waals surface area contributed by atoms with E-state index in [1.165, 1.54) is 21.6 Å². The Morgan fingerprint density at radius 3 is 2.76 bits per heavy atom. The molecule has 1 aliphatic rings. The fourth-order valence-electron chi connectivity index (χ4n) is 2.80. The molecular weight excluding hydrogens is 278 g/mol. The van der Waals surface area contributed by atoms with Gasteiger partial charge in [-0.1, -0.05) is 24.3 Å². The molecule has 0 bridgehead atoms. The summed E-state index contributed by atoms with van der Waals surface area (Å²) in [6.07, 6.45) is 0. The van der Waals surface area contributed by atoms with Crippen LogP contribution in [0, 0.1) is 13.8 Å². The van der Waals surface area contributed by atoms with Gasteiger partial charge in [0.1, 0.15) is 0 Å². The van der Waals surface area contributed by atoms with Crippen LogP contribution in [0.5, 0.6) is 0 Å². The Balaban J connectivity index is 1.96. The smallest absolute Gasteiger partial charge is 0.192 e. The van der Waals surface area contributed by atoms with Crippen LogP contribution in [0.25, 0.3) is 0 Å². The third-order valence-corrected chi connectivity index (χ3v) is 5.31. The summed E-state index contributed by atoms with van der Waals surface area (Å²) in [6.45, 7) is 8.06. The lowest BCUT2D eigenvalue weighted by Gasteiger charge is -2.36. The fraction of sp³-hybridized carbons (Fsp3) is 0.353. The van der Waals surface area contributed by atoms with Gasteiger partial charge in [0.05, 0.1) is 18.6 Å². The molecule has 2 aromatic rings. The van der Waals surface area contributed by atoms with Crippen LogP contribution < -0.4 is 5.73 Å². The molecular formula is C17H21N3S. The SMILES string of the molecule is Cc1ccc(C2(C)CN=C(N)N2Cc2cccs2)cc1C. The van der Waals surface area contributed by atoms with Crippen LogP contribution in [0.4, 0.5) is 0 Å². The molecule has 110 valence electrons. The maximum absolute atomic E-state index is 6.16. The van der Waals surface area contributed by atoms with Gasteiger partial charge in [0.2, 0.25) is 0 Å². The summed E-state index contributed by atoms with van der Waals surface area (Å²) in [5.41, 5.74) is 9.91. The standard InChI is InChI=1S/C17H21N3S/c1-12-6-7-14(9-13(12)2)17(3)11-19-16(18)20(17)10-15-5-4-8-21-15/h4-9H,10-11H2,1-3H3,(H2,18,19). The summed E-state index contributed by atoms with van der Waals surface area (Å²) in [7, 11) is 0. The Hall–Kier alpha value is -1.81. The summed E-state index contributed by atoms with van der Waals surface area (Å²) < 4.78 is 0. The quantitative estimate of drug-likeness (QED) is 0.943. The molecule has 3 nitrogen and oxygen atoms in total. The predicted octanol–water partition coefficient (Wildman–Crippen LogP) is 3.41. The van der Waals surface area contributed by atoms with Gasteiger partial charge in [-0.2, -0.15) is 0 Å². The fourth-order valence-corrected chi connectivity index (χ4v) is 3.49. The van der Waals surface area contributed by atoms with E-state index < -0.39 is 0 Å². The van der Waals surface area contributed by atoms with E-state index in [1.54, 1.807) is 11.3 Å². The van der Waals surface area contributed by atoms with E-state index >= 15 is 0 Å². The van der Waals surface area contributed by atoms with Gasteiger partial charge in [-0.05, 0) is 48.9 Å². The molecule has 0 saturated carbocycles. The Morgan fingerprint density at radius 1 is 1.29 bits per heavy atom. The largest absolute Gasteiger partial charge is 0.370 e. The molecule has 0 amide bonds. The normalized spacial score (nSPS) is 21.7. The van der Waals surface area contributed by atoms with Gasteiger partial charge in [-0.15, -0.1) is 11.3 Å². The van der Waals surface area contributed by atoms with Crippen molar-refractivity contribution in [1.82, 2.24) is 4.90 Å². The maximum Gasteiger partial charge on any atom is 0.192 e. The van der Waals surface area contributed by atoms with Gasteiger partial charge in [0.25, 0.3) is 0 Å². The number of aryl methyl sites for hydroxylation is 2. The Kier molecular flexibility index (Phi) is 3.49. The van der Waals surface area contributed by atoms with Crippen molar-refractivity contribution in [2.45, 2.75) is 32.9 Å². The Bertz CT molecular complexity index is 675. The minimum Gasteiger partial charge on any atom is -0.370 e. The van der Waals surface area contributed by atoms with Crippen molar-refractivity contribution in [3.8, 4) is 0 Å². The zero-order valence-corrected chi connectivity index (χ0v) is 13.6. The summed E-state index contributed by atoms with van der Waals surface area (Å²) in [4.78, 5) is 8.04. The van der Waals surface area contributed by atoms with Crippen LogP contribution in [0.3, 0.4) is 0 Å². The van der Waals surface area contributed by atoms with Gasteiger partial charge < -0.3 is 10.6 Å². The highest BCUT2D eigenvalue weighted by molar-refractivity contribution is 7.09. The van der Waals surface area contributed by atoms with Crippen molar-refractivity contribution in [3.63, 3.8) is 0 Å². The minimum atomic E-state index is -0.160. The van der Waals surface area contributed by atoms with Gasteiger partial charge in [-0.25, -0.2) is 0 Å². The molecule has 1 aliphatic heterocycles. The van der Waals surface area contributed by atoms with Crippen LogP contribution in [-0.2, 0) is 12.1 Å². The number of guanidine groups is 1. The van der Waals surface area contributed by atoms with Gasteiger partial charge >= 0.3 is 0 Å². The van der Waals surface area contributed by atoms with Gasteiger partial charge in [0, 0.05) is 4.88 Å². The highest BCUT2D eigenvalue weighted by Gasteiger charge is 2.39. The van der Waals surface area contributed by atoms with E-state index in [1.807, 2.05) is 0 Å². The van der Waals surface area contributed by atoms with Gasteiger partial charge in [0.15, 0.2) is 5.96 Å². The number of thiophene rings is 1. The second-order valence-corrected chi connectivity index (χ2v) is 6.95. The van der Waals surface area contributed by atoms with E-state index in [2.05, 4.69) is 66.4 Å². The number of nitrogens with two attached hydrogens (primary N) is 1. The molecule has 1 unspecified atom stereocenters. The van der Waals surface area contributed by atoms with Crippen molar-refractivity contribution < 1.29 is 0 Å². The van der Waals surface area contributed by atoms with Crippen LogP contribution in [-0.4, -0.2) is 17.4 Å². The number of benzene rings is 1. The molecule has 0 spiro atoms. The van der Waals surface area contributed by atoms with E-state index in [-0.39, 0.29) is 5.54 Å². The highest BCUT2D eigenvalue weighted by atomic mass is 32.1. The van der Waals surface area contributed by atoms with E-state index in [9.17, 15) is 0 Å².